The summed E-state index contributed by atoms with van der Waals surface area (Å²) in [6.45, 7) is 9.06. The smallest absolute Gasteiger partial charge is 0.193 e. The number of furan rings is 1. The van der Waals surface area contributed by atoms with Gasteiger partial charge in [-0.05, 0) is 48.0 Å². The van der Waals surface area contributed by atoms with Crippen LogP contribution in [0.5, 0.6) is 0 Å². The quantitative estimate of drug-likeness (QED) is 0.797. The Bertz CT molecular complexity index is 549. The first-order chi connectivity index (χ1) is 10.2. The largest absolute Gasteiger partial charge is 0.448 e. The summed E-state index contributed by atoms with van der Waals surface area (Å²) in [6, 6.07) is 12.3. The van der Waals surface area contributed by atoms with E-state index in [9.17, 15) is 0 Å². The number of benzene rings is 1. The standard InChI is InChI=1S/C17H23ClN2O/c1-3-20(4-2)13-15-8-6-5-7-14(15)11-19-12-16-9-10-17(18)21-16/h5-10,19H,3-4,11-13H2,1-2H3. The van der Waals surface area contributed by atoms with Crippen molar-refractivity contribution in [2.75, 3.05) is 13.1 Å². The topological polar surface area (TPSA) is 28.4 Å². The molecule has 0 unspecified atom stereocenters. The lowest BCUT2D eigenvalue weighted by Gasteiger charge is -2.20. The van der Waals surface area contributed by atoms with Crippen LogP contribution < -0.4 is 5.32 Å². The fraction of sp³-hybridized carbons (Fsp3) is 0.412. The maximum absolute atomic E-state index is 5.77. The van der Waals surface area contributed by atoms with E-state index < -0.39 is 0 Å². The van der Waals surface area contributed by atoms with Crippen LogP contribution in [0.4, 0.5) is 0 Å². The minimum atomic E-state index is 0.439. The van der Waals surface area contributed by atoms with Crippen LogP contribution in [-0.4, -0.2) is 18.0 Å². The molecule has 1 aromatic carbocycles. The number of halogens is 1. The van der Waals surface area contributed by atoms with E-state index in [1.165, 1.54) is 11.1 Å². The Balaban J connectivity index is 1.93. The number of hydrogen-bond donors (Lipinski definition) is 1. The summed E-state index contributed by atoms with van der Waals surface area (Å²) in [4.78, 5) is 2.42. The second-order valence-electron chi connectivity index (χ2n) is 5.04. The van der Waals surface area contributed by atoms with Crippen molar-refractivity contribution in [2.45, 2.75) is 33.5 Å². The van der Waals surface area contributed by atoms with Gasteiger partial charge in [-0.2, -0.15) is 0 Å². The van der Waals surface area contributed by atoms with E-state index in [0.717, 1.165) is 31.9 Å². The minimum Gasteiger partial charge on any atom is -0.448 e. The molecule has 114 valence electrons. The molecule has 4 heteroatoms. The van der Waals surface area contributed by atoms with Crippen molar-refractivity contribution < 1.29 is 4.42 Å². The third kappa shape index (κ3) is 4.88. The fourth-order valence-electron chi connectivity index (χ4n) is 2.34. The van der Waals surface area contributed by atoms with Crippen LogP contribution in [-0.2, 0) is 19.6 Å². The molecule has 1 N–H and O–H groups in total. The molecule has 2 rings (SSSR count). The Hall–Kier alpha value is -1.29. The summed E-state index contributed by atoms with van der Waals surface area (Å²) in [5, 5.41) is 3.85. The summed E-state index contributed by atoms with van der Waals surface area (Å²) in [7, 11) is 0. The van der Waals surface area contributed by atoms with Gasteiger partial charge in [-0.1, -0.05) is 38.1 Å². The lowest BCUT2D eigenvalue weighted by atomic mass is 10.1. The summed E-state index contributed by atoms with van der Waals surface area (Å²) in [5.41, 5.74) is 2.72. The van der Waals surface area contributed by atoms with Crippen molar-refractivity contribution in [3.63, 3.8) is 0 Å². The monoisotopic (exact) mass is 306 g/mol. The van der Waals surface area contributed by atoms with E-state index in [-0.39, 0.29) is 0 Å². The van der Waals surface area contributed by atoms with Gasteiger partial charge in [-0.3, -0.25) is 4.90 Å². The van der Waals surface area contributed by atoms with Crippen LogP contribution in [0.15, 0.2) is 40.8 Å². The molecule has 2 aromatic rings. The minimum absolute atomic E-state index is 0.439. The van der Waals surface area contributed by atoms with E-state index in [1.54, 1.807) is 6.07 Å². The first-order valence-corrected chi connectivity index (χ1v) is 7.84. The third-order valence-electron chi connectivity index (χ3n) is 3.65. The SMILES string of the molecule is CCN(CC)Cc1ccccc1CNCc1ccc(Cl)o1. The number of hydrogen-bond acceptors (Lipinski definition) is 3. The van der Waals surface area contributed by atoms with Gasteiger partial charge in [0, 0.05) is 13.1 Å². The zero-order valence-electron chi connectivity index (χ0n) is 12.7. The van der Waals surface area contributed by atoms with Crippen LogP contribution in [0.25, 0.3) is 0 Å². The van der Waals surface area contributed by atoms with E-state index >= 15 is 0 Å². The maximum Gasteiger partial charge on any atom is 0.193 e. The van der Waals surface area contributed by atoms with Gasteiger partial charge in [0.05, 0.1) is 6.54 Å². The molecule has 0 spiro atoms. The molecule has 0 aliphatic heterocycles. The first-order valence-electron chi connectivity index (χ1n) is 7.47. The third-order valence-corrected chi connectivity index (χ3v) is 3.85. The zero-order chi connectivity index (χ0) is 15.1. The summed E-state index contributed by atoms with van der Waals surface area (Å²) >= 11 is 5.77. The molecular formula is C17H23ClN2O. The Morgan fingerprint density at radius 3 is 2.33 bits per heavy atom. The Kier molecular flexibility index (Phi) is 6.30. The van der Waals surface area contributed by atoms with Gasteiger partial charge >= 0.3 is 0 Å². The molecule has 0 aliphatic rings. The highest BCUT2D eigenvalue weighted by atomic mass is 35.5. The molecule has 0 atom stereocenters. The maximum atomic E-state index is 5.77. The van der Waals surface area contributed by atoms with Crippen molar-refractivity contribution in [1.29, 1.82) is 0 Å². The van der Waals surface area contributed by atoms with Crippen LogP contribution in [0.1, 0.15) is 30.7 Å². The molecule has 21 heavy (non-hydrogen) atoms. The van der Waals surface area contributed by atoms with Gasteiger partial charge < -0.3 is 9.73 Å². The lowest BCUT2D eigenvalue weighted by Crippen LogP contribution is -2.23. The molecule has 0 aliphatic carbocycles. The van der Waals surface area contributed by atoms with Crippen molar-refractivity contribution in [2.24, 2.45) is 0 Å². The van der Waals surface area contributed by atoms with Gasteiger partial charge in [-0.15, -0.1) is 0 Å². The number of rotatable bonds is 8. The first kappa shape index (κ1) is 16.1. The summed E-state index contributed by atoms with van der Waals surface area (Å²) in [6.07, 6.45) is 0. The average molecular weight is 307 g/mol. The lowest BCUT2D eigenvalue weighted by molar-refractivity contribution is 0.294. The molecule has 0 saturated heterocycles. The van der Waals surface area contributed by atoms with Crippen LogP contribution in [0, 0.1) is 0 Å². The van der Waals surface area contributed by atoms with E-state index in [2.05, 4.69) is 48.3 Å². The molecule has 0 saturated carbocycles. The molecule has 3 nitrogen and oxygen atoms in total. The predicted molar refractivity (Wildman–Crippen MR) is 87.3 cm³/mol. The highest BCUT2D eigenvalue weighted by molar-refractivity contribution is 6.28. The zero-order valence-corrected chi connectivity index (χ0v) is 13.5. The van der Waals surface area contributed by atoms with Gasteiger partial charge in [0.2, 0.25) is 0 Å². The number of nitrogens with zero attached hydrogens (tertiary/aromatic N) is 1. The molecule has 1 aromatic heterocycles. The molecule has 0 bridgehead atoms. The molecule has 0 radical (unpaired) electrons. The van der Waals surface area contributed by atoms with Crippen molar-refractivity contribution in [1.82, 2.24) is 10.2 Å². The second kappa shape index (κ2) is 8.23. The van der Waals surface area contributed by atoms with Crippen molar-refractivity contribution in [3.8, 4) is 0 Å². The molecular weight excluding hydrogens is 284 g/mol. The van der Waals surface area contributed by atoms with Crippen LogP contribution >= 0.6 is 11.6 Å². The van der Waals surface area contributed by atoms with Crippen molar-refractivity contribution in [3.05, 3.63) is 58.5 Å². The van der Waals surface area contributed by atoms with E-state index in [4.69, 9.17) is 16.0 Å². The Morgan fingerprint density at radius 2 is 1.71 bits per heavy atom. The number of nitrogens with one attached hydrogen (secondary N) is 1. The van der Waals surface area contributed by atoms with Gasteiger partial charge in [0.1, 0.15) is 5.76 Å². The normalized spacial score (nSPS) is 11.2. The summed E-state index contributed by atoms with van der Waals surface area (Å²) in [5.74, 6) is 0.862. The molecule has 0 amide bonds. The van der Waals surface area contributed by atoms with E-state index in [1.807, 2.05) is 6.07 Å². The summed E-state index contributed by atoms with van der Waals surface area (Å²) < 4.78 is 5.35. The van der Waals surface area contributed by atoms with E-state index in [0.29, 0.717) is 11.8 Å². The highest BCUT2D eigenvalue weighted by Crippen LogP contribution is 2.14. The average Bonchev–Trinajstić information content (AvgIpc) is 2.91. The van der Waals surface area contributed by atoms with Crippen LogP contribution in [0.3, 0.4) is 0 Å². The van der Waals surface area contributed by atoms with Crippen molar-refractivity contribution >= 4 is 11.6 Å². The van der Waals surface area contributed by atoms with Gasteiger partial charge in [-0.25, -0.2) is 0 Å². The van der Waals surface area contributed by atoms with Crippen LogP contribution in [0.2, 0.25) is 5.22 Å². The van der Waals surface area contributed by atoms with Gasteiger partial charge in [0.25, 0.3) is 0 Å². The Labute approximate surface area is 131 Å². The molecule has 0 fully saturated rings. The fourth-order valence-corrected chi connectivity index (χ4v) is 2.50. The highest BCUT2D eigenvalue weighted by Gasteiger charge is 2.06. The Morgan fingerprint density at radius 1 is 1.00 bits per heavy atom. The van der Waals surface area contributed by atoms with Gasteiger partial charge in [0.15, 0.2) is 5.22 Å². The predicted octanol–water partition coefficient (Wildman–Crippen LogP) is 4.06. The molecule has 1 heterocycles. The second-order valence-corrected chi connectivity index (χ2v) is 5.41.